The smallest absolute Gasteiger partial charge is 0.0602 e. The van der Waals surface area contributed by atoms with Gasteiger partial charge in [-0.1, -0.05) is 0 Å². The van der Waals surface area contributed by atoms with Crippen LogP contribution in [0.3, 0.4) is 0 Å². The summed E-state index contributed by atoms with van der Waals surface area (Å²) in [4.78, 5) is 0. The highest BCUT2D eigenvalue weighted by Crippen LogP contribution is 1.89. The fourth-order valence-electron chi connectivity index (χ4n) is 0.875. The molecule has 0 aliphatic rings. The van der Waals surface area contributed by atoms with Gasteiger partial charge in [0, 0.05) is 18.4 Å². The van der Waals surface area contributed by atoms with Crippen molar-refractivity contribution < 1.29 is 5.11 Å². The van der Waals surface area contributed by atoms with Crippen LogP contribution < -0.4 is 5.32 Å². The molecule has 0 aliphatic carbocycles. The minimum atomic E-state index is 0.0925. The predicted molar refractivity (Wildman–Crippen MR) is 42.2 cm³/mol. The van der Waals surface area contributed by atoms with Gasteiger partial charge in [0.15, 0.2) is 0 Å². The van der Waals surface area contributed by atoms with Crippen LogP contribution in [-0.4, -0.2) is 34.6 Å². The number of aliphatic hydroxyl groups excluding tert-OH is 1. The van der Waals surface area contributed by atoms with E-state index in [1.165, 1.54) is 0 Å². The number of nitrogens with zero attached hydrogens (tertiary/aromatic N) is 2. The molecule has 62 valence electrons. The van der Waals surface area contributed by atoms with Crippen molar-refractivity contribution in [1.82, 2.24) is 15.1 Å². The van der Waals surface area contributed by atoms with Crippen LogP contribution in [0.1, 0.15) is 0 Å². The molecule has 4 heteroatoms. The molecule has 0 saturated heterocycles. The number of nitrogens with one attached hydrogen (secondary N) is 1. The summed E-state index contributed by atoms with van der Waals surface area (Å²) < 4.78 is 1.79. The van der Waals surface area contributed by atoms with Crippen molar-refractivity contribution in [2.75, 3.05) is 13.7 Å². The van der Waals surface area contributed by atoms with E-state index in [9.17, 15) is 0 Å². The molecule has 1 aromatic heterocycles. The van der Waals surface area contributed by atoms with Gasteiger partial charge in [-0.25, -0.2) is 0 Å². The summed E-state index contributed by atoms with van der Waals surface area (Å²) in [6, 6.07) is 1.96. The number of likely N-dealkylation sites (N-methyl/N-ethyl adjacent to an activating group) is 1. The van der Waals surface area contributed by atoms with Crippen LogP contribution >= 0.6 is 0 Å². The summed E-state index contributed by atoms with van der Waals surface area (Å²) >= 11 is 0. The van der Waals surface area contributed by atoms with E-state index in [0.717, 1.165) is 0 Å². The summed E-state index contributed by atoms with van der Waals surface area (Å²) in [5, 5.41) is 15.8. The monoisotopic (exact) mass is 155 g/mol. The SMILES string of the molecule is CNC(CO)Cn1cccn1. The molecule has 0 fully saturated rings. The van der Waals surface area contributed by atoms with Gasteiger partial charge in [0.1, 0.15) is 0 Å². The lowest BCUT2D eigenvalue weighted by atomic mass is 10.3. The molecule has 0 saturated carbocycles. The van der Waals surface area contributed by atoms with Gasteiger partial charge in [0.25, 0.3) is 0 Å². The molecule has 1 heterocycles. The third-order valence-corrected chi connectivity index (χ3v) is 1.60. The Labute approximate surface area is 65.8 Å². The lowest BCUT2D eigenvalue weighted by molar-refractivity contribution is 0.232. The Balaban J connectivity index is 2.41. The van der Waals surface area contributed by atoms with Gasteiger partial charge in [-0.15, -0.1) is 0 Å². The molecule has 0 radical (unpaired) electrons. The highest BCUT2D eigenvalue weighted by molar-refractivity contribution is 4.79. The van der Waals surface area contributed by atoms with E-state index < -0.39 is 0 Å². The molecule has 11 heavy (non-hydrogen) atoms. The fourth-order valence-corrected chi connectivity index (χ4v) is 0.875. The lowest BCUT2D eigenvalue weighted by Gasteiger charge is -2.12. The van der Waals surface area contributed by atoms with Gasteiger partial charge in [-0.3, -0.25) is 4.68 Å². The van der Waals surface area contributed by atoms with E-state index in [-0.39, 0.29) is 12.6 Å². The third kappa shape index (κ3) is 2.32. The van der Waals surface area contributed by atoms with Crippen molar-refractivity contribution in [1.29, 1.82) is 0 Å². The molecular weight excluding hydrogens is 142 g/mol. The third-order valence-electron chi connectivity index (χ3n) is 1.60. The summed E-state index contributed by atoms with van der Waals surface area (Å²) in [5.41, 5.74) is 0. The number of hydrogen-bond donors (Lipinski definition) is 2. The maximum atomic E-state index is 8.82. The van der Waals surface area contributed by atoms with E-state index in [2.05, 4.69) is 10.4 Å². The molecule has 2 N–H and O–H groups in total. The van der Waals surface area contributed by atoms with Crippen molar-refractivity contribution >= 4 is 0 Å². The topological polar surface area (TPSA) is 50.1 Å². The highest BCUT2D eigenvalue weighted by atomic mass is 16.3. The minimum absolute atomic E-state index is 0.0925. The molecule has 1 unspecified atom stereocenters. The number of rotatable bonds is 4. The van der Waals surface area contributed by atoms with E-state index in [4.69, 9.17) is 5.11 Å². The first kappa shape index (κ1) is 8.23. The van der Waals surface area contributed by atoms with Crippen LogP contribution in [0.4, 0.5) is 0 Å². The molecule has 0 amide bonds. The van der Waals surface area contributed by atoms with Crippen LogP contribution in [0.2, 0.25) is 0 Å². The summed E-state index contributed by atoms with van der Waals surface area (Å²) in [7, 11) is 1.82. The Morgan fingerprint density at radius 1 is 1.73 bits per heavy atom. The van der Waals surface area contributed by atoms with Crippen molar-refractivity contribution in [3.05, 3.63) is 18.5 Å². The molecule has 1 rings (SSSR count). The van der Waals surface area contributed by atoms with Gasteiger partial charge >= 0.3 is 0 Å². The molecular formula is C7H13N3O. The van der Waals surface area contributed by atoms with E-state index in [1.54, 1.807) is 10.9 Å². The predicted octanol–water partition coefficient (Wildman–Crippen LogP) is -0.537. The lowest BCUT2D eigenvalue weighted by Crippen LogP contribution is -2.33. The van der Waals surface area contributed by atoms with E-state index in [0.29, 0.717) is 6.54 Å². The molecule has 0 spiro atoms. The largest absolute Gasteiger partial charge is 0.395 e. The van der Waals surface area contributed by atoms with Gasteiger partial charge < -0.3 is 10.4 Å². The van der Waals surface area contributed by atoms with Crippen molar-refractivity contribution in [2.24, 2.45) is 0 Å². The zero-order valence-corrected chi connectivity index (χ0v) is 6.57. The average Bonchev–Trinajstić information content (AvgIpc) is 2.52. The Kier molecular flexibility index (Phi) is 3.07. The molecule has 4 nitrogen and oxygen atoms in total. The maximum absolute atomic E-state index is 8.82. The van der Waals surface area contributed by atoms with Crippen LogP contribution in [0, 0.1) is 0 Å². The Bertz CT molecular complexity index is 182. The first-order valence-electron chi connectivity index (χ1n) is 3.62. The number of aliphatic hydroxyl groups is 1. The molecule has 1 atom stereocenters. The highest BCUT2D eigenvalue weighted by Gasteiger charge is 2.03. The summed E-state index contributed by atoms with van der Waals surface area (Å²) in [6.07, 6.45) is 3.60. The van der Waals surface area contributed by atoms with Crippen molar-refractivity contribution in [3.8, 4) is 0 Å². The summed E-state index contributed by atoms with van der Waals surface area (Å²) in [6.45, 7) is 0.844. The summed E-state index contributed by atoms with van der Waals surface area (Å²) in [5.74, 6) is 0. The van der Waals surface area contributed by atoms with Gasteiger partial charge in [0.2, 0.25) is 0 Å². The first-order chi connectivity index (χ1) is 5.36. The normalized spacial score (nSPS) is 13.3. The van der Waals surface area contributed by atoms with Crippen molar-refractivity contribution in [3.63, 3.8) is 0 Å². The molecule has 0 aromatic carbocycles. The Morgan fingerprint density at radius 2 is 2.55 bits per heavy atom. The minimum Gasteiger partial charge on any atom is -0.395 e. The molecule has 1 aromatic rings. The average molecular weight is 155 g/mol. The second-order valence-electron chi connectivity index (χ2n) is 2.40. The Morgan fingerprint density at radius 3 is 3.00 bits per heavy atom. The quantitative estimate of drug-likeness (QED) is 0.614. The van der Waals surface area contributed by atoms with Gasteiger partial charge in [0.05, 0.1) is 13.2 Å². The van der Waals surface area contributed by atoms with Gasteiger partial charge in [-0.05, 0) is 13.1 Å². The molecule has 0 bridgehead atoms. The second kappa shape index (κ2) is 4.10. The van der Waals surface area contributed by atoms with E-state index in [1.807, 2.05) is 19.3 Å². The van der Waals surface area contributed by atoms with E-state index >= 15 is 0 Å². The van der Waals surface area contributed by atoms with Crippen LogP contribution in [0.25, 0.3) is 0 Å². The fraction of sp³-hybridized carbons (Fsp3) is 0.571. The maximum Gasteiger partial charge on any atom is 0.0602 e. The second-order valence-corrected chi connectivity index (χ2v) is 2.40. The van der Waals surface area contributed by atoms with Crippen LogP contribution in [0.15, 0.2) is 18.5 Å². The number of aromatic nitrogens is 2. The van der Waals surface area contributed by atoms with Crippen LogP contribution in [-0.2, 0) is 6.54 Å². The van der Waals surface area contributed by atoms with Crippen LogP contribution in [0.5, 0.6) is 0 Å². The standard InChI is InChI=1S/C7H13N3O/c1-8-7(6-11)5-10-4-2-3-9-10/h2-4,7-8,11H,5-6H2,1H3. The van der Waals surface area contributed by atoms with Gasteiger partial charge in [-0.2, -0.15) is 5.10 Å². The zero-order chi connectivity index (χ0) is 8.10. The first-order valence-corrected chi connectivity index (χ1v) is 3.62. The zero-order valence-electron chi connectivity index (χ0n) is 6.57. The Hall–Kier alpha value is -0.870. The molecule has 0 aliphatic heterocycles. The van der Waals surface area contributed by atoms with Crippen molar-refractivity contribution in [2.45, 2.75) is 12.6 Å². The number of hydrogen-bond acceptors (Lipinski definition) is 3.